The third-order valence-corrected chi connectivity index (χ3v) is 8.66. The Morgan fingerprint density at radius 1 is 1.29 bits per heavy atom. The molecule has 0 unspecified atom stereocenters. The molecule has 1 N–H and O–H groups in total. The number of hydrogen-bond acceptors (Lipinski definition) is 6. The molecule has 2 aliphatic heterocycles. The second-order valence-electron chi connectivity index (χ2n) is 7.60. The van der Waals surface area contributed by atoms with Crippen LogP contribution in [0.4, 0.5) is 0 Å². The monoisotopic (exact) mass is 382 g/mol. The van der Waals surface area contributed by atoms with Crippen molar-refractivity contribution in [2.75, 3.05) is 38.2 Å². The van der Waals surface area contributed by atoms with Gasteiger partial charge in [-0.2, -0.15) is 0 Å². The summed E-state index contributed by atoms with van der Waals surface area (Å²) in [6.45, 7) is 3.93. The van der Waals surface area contributed by atoms with Crippen LogP contribution in [-0.4, -0.2) is 80.8 Å². The Bertz CT molecular complexity index is 697. The van der Waals surface area contributed by atoms with Gasteiger partial charge in [0.25, 0.3) is 0 Å². The second-order valence-corrected chi connectivity index (χ2v) is 11.3. The second kappa shape index (κ2) is 6.54. The van der Waals surface area contributed by atoms with Crippen LogP contribution < -0.4 is 5.32 Å². The van der Waals surface area contributed by atoms with Gasteiger partial charge in [0.15, 0.2) is 9.84 Å². The largest absolute Gasteiger partial charge is 0.748 e. The van der Waals surface area contributed by atoms with E-state index in [1.165, 1.54) is 13.3 Å². The lowest BCUT2D eigenvalue weighted by Crippen LogP contribution is -2.57. The molecule has 2 aliphatic rings. The Morgan fingerprint density at radius 2 is 1.88 bits per heavy atom. The van der Waals surface area contributed by atoms with Crippen molar-refractivity contribution in [1.82, 2.24) is 5.32 Å². The normalized spacial score (nSPS) is 32.4. The number of sulfone groups is 1. The average molecular weight is 383 g/mol. The van der Waals surface area contributed by atoms with E-state index in [-0.39, 0.29) is 6.42 Å². The van der Waals surface area contributed by atoms with Crippen LogP contribution in [0.15, 0.2) is 0 Å². The molecule has 0 aromatic heterocycles. The summed E-state index contributed by atoms with van der Waals surface area (Å²) < 4.78 is 58.6. The molecule has 0 bridgehead atoms. The van der Waals surface area contributed by atoms with Crippen molar-refractivity contribution in [3.63, 3.8) is 0 Å². The van der Waals surface area contributed by atoms with Crippen LogP contribution in [0.3, 0.4) is 0 Å². The molecule has 2 atom stereocenters. The standard InChI is InChI=1S/C14H26N2O6S2/c1-14(11-23(18,19)10-12(14)24(20,21)22)15-13(17)6-9-16(2)7-4-3-5-8-16/h12H,3-11H2,1-2H3,(H-,15,17,20,21,22)/t12-,14-/m1/s1. The quantitative estimate of drug-likeness (QED) is 0.492. The number of likely N-dealkylation sites (tertiary alicyclic amines) is 1. The Kier molecular flexibility index (Phi) is 5.35. The van der Waals surface area contributed by atoms with E-state index in [0.717, 1.165) is 30.4 Å². The molecular formula is C14H26N2O6S2. The molecule has 0 radical (unpaired) electrons. The number of carbonyl (C=O) groups excluding carboxylic acids is 1. The minimum Gasteiger partial charge on any atom is -0.748 e. The van der Waals surface area contributed by atoms with Gasteiger partial charge in [-0.25, -0.2) is 16.8 Å². The summed E-state index contributed by atoms with van der Waals surface area (Å²) in [5, 5.41) is 0.877. The Balaban J connectivity index is 2.03. The lowest BCUT2D eigenvalue weighted by molar-refractivity contribution is -0.913. The van der Waals surface area contributed by atoms with Gasteiger partial charge in [-0.1, -0.05) is 0 Å². The van der Waals surface area contributed by atoms with Crippen molar-refractivity contribution in [2.24, 2.45) is 0 Å². The molecule has 24 heavy (non-hydrogen) atoms. The SMILES string of the molecule is C[C@@]1(NC(=O)CC[N+]2(C)CCCCC2)CS(=O)(=O)C[C@H]1S(=O)(=O)[O-]. The van der Waals surface area contributed by atoms with Crippen molar-refractivity contribution in [2.45, 2.75) is 43.4 Å². The third kappa shape index (κ3) is 4.68. The highest BCUT2D eigenvalue weighted by Gasteiger charge is 2.51. The Morgan fingerprint density at radius 3 is 2.42 bits per heavy atom. The molecule has 0 spiro atoms. The molecule has 0 aromatic rings. The first kappa shape index (κ1) is 19.6. The van der Waals surface area contributed by atoms with Crippen LogP contribution >= 0.6 is 0 Å². The summed E-state index contributed by atoms with van der Waals surface area (Å²) in [7, 11) is -6.42. The Hall–Kier alpha value is -0.710. The fourth-order valence-corrected chi connectivity index (χ4v) is 8.10. The van der Waals surface area contributed by atoms with Crippen LogP contribution in [0.1, 0.15) is 32.6 Å². The number of nitrogens with zero attached hydrogens (tertiary/aromatic N) is 1. The maximum atomic E-state index is 12.3. The van der Waals surface area contributed by atoms with E-state index in [4.69, 9.17) is 0 Å². The first-order valence-electron chi connectivity index (χ1n) is 8.15. The predicted octanol–water partition coefficient (Wildman–Crippen LogP) is -0.776. The fourth-order valence-electron chi connectivity index (χ4n) is 3.79. The highest BCUT2D eigenvalue weighted by Crippen LogP contribution is 2.29. The van der Waals surface area contributed by atoms with Crippen molar-refractivity contribution < 1.29 is 30.7 Å². The lowest BCUT2D eigenvalue weighted by atomic mass is 10.0. The minimum atomic E-state index is -4.82. The number of hydrogen-bond donors (Lipinski definition) is 1. The topological polar surface area (TPSA) is 120 Å². The van der Waals surface area contributed by atoms with Crippen molar-refractivity contribution in [3.05, 3.63) is 0 Å². The molecular weight excluding hydrogens is 356 g/mol. The summed E-state index contributed by atoms with van der Waals surface area (Å²) in [6, 6.07) is 0. The zero-order valence-corrected chi connectivity index (χ0v) is 15.8. The van der Waals surface area contributed by atoms with Gasteiger partial charge in [0.2, 0.25) is 5.91 Å². The number of rotatable bonds is 5. The maximum absolute atomic E-state index is 12.3. The first-order valence-corrected chi connectivity index (χ1v) is 11.4. The summed E-state index contributed by atoms with van der Waals surface area (Å²) in [6.07, 6.45) is 3.60. The van der Waals surface area contributed by atoms with E-state index in [9.17, 15) is 26.2 Å². The van der Waals surface area contributed by atoms with Gasteiger partial charge in [0, 0.05) is 0 Å². The zero-order chi connectivity index (χ0) is 18.2. The fraction of sp³-hybridized carbons (Fsp3) is 0.929. The number of nitrogens with one attached hydrogen (secondary N) is 1. The smallest absolute Gasteiger partial charge is 0.226 e. The molecule has 2 heterocycles. The molecule has 8 nitrogen and oxygen atoms in total. The van der Waals surface area contributed by atoms with Crippen molar-refractivity contribution in [3.8, 4) is 0 Å². The van der Waals surface area contributed by atoms with E-state index in [1.807, 2.05) is 0 Å². The number of quaternary nitrogens is 1. The van der Waals surface area contributed by atoms with E-state index in [2.05, 4.69) is 12.4 Å². The molecule has 0 aromatic carbocycles. The van der Waals surface area contributed by atoms with Gasteiger partial charge in [0.05, 0.1) is 55.4 Å². The molecule has 10 heteroatoms. The molecule has 2 rings (SSSR count). The number of amides is 1. The lowest BCUT2D eigenvalue weighted by Gasteiger charge is -2.38. The molecule has 140 valence electrons. The molecule has 0 saturated carbocycles. The number of piperidine rings is 1. The van der Waals surface area contributed by atoms with Gasteiger partial charge >= 0.3 is 0 Å². The van der Waals surface area contributed by atoms with E-state index >= 15 is 0 Å². The van der Waals surface area contributed by atoms with Crippen molar-refractivity contribution >= 4 is 25.9 Å². The third-order valence-electron chi connectivity index (χ3n) is 5.18. The van der Waals surface area contributed by atoms with Crippen LogP contribution in [-0.2, 0) is 24.7 Å². The number of carbonyl (C=O) groups is 1. The highest BCUT2D eigenvalue weighted by molar-refractivity contribution is 7.94. The predicted molar refractivity (Wildman–Crippen MR) is 87.9 cm³/mol. The van der Waals surface area contributed by atoms with Gasteiger partial charge in [-0.15, -0.1) is 0 Å². The Labute approximate surface area is 143 Å². The molecule has 1 amide bonds. The zero-order valence-electron chi connectivity index (χ0n) is 14.2. The van der Waals surface area contributed by atoms with Crippen LogP contribution in [0, 0.1) is 0 Å². The minimum absolute atomic E-state index is 0.178. The van der Waals surface area contributed by atoms with Crippen molar-refractivity contribution in [1.29, 1.82) is 0 Å². The van der Waals surface area contributed by atoms with E-state index < -0.39 is 48.2 Å². The summed E-state index contributed by atoms with van der Waals surface area (Å²) in [4.78, 5) is 12.3. The molecule has 0 aliphatic carbocycles. The van der Waals surface area contributed by atoms with Gasteiger partial charge < -0.3 is 14.4 Å². The summed E-state index contributed by atoms with van der Waals surface area (Å²) in [5.74, 6) is -1.67. The maximum Gasteiger partial charge on any atom is 0.226 e. The average Bonchev–Trinajstić information content (AvgIpc) is 2.67. The molecule has 2 fully saturated rings. The first-order chi connectivity index (χ1) is 10.9. The van der Waals surface area contributed by atoms with Gasteiger partial charge in [-0.05, 0) is 26.2 Å². The van der Waals surface area contributed by atoms with Crippen LogP contribution in [0.5, 0.6) is 0 Å². The molecule has 2 saturated heterocycles. The van der Waals surface area contributed by atoms with Gasteiger partial charge in [0.1, 0.15) is 10.1 Å². The summed E-state index contributed by atoms with van der Waals surface area (Å²) >= 11 is 0. The summed E-state index contributed by atoms with van der Waals surface area (Å²) in [5.41, 5.74) is -1.56. The van der Waals surface area contributed by atoms with Crippen LogP contribution in [0.2, 0.25) is 0 Å². The van der Waals surface area contributed by atoms with E-state index in [0.29, 0.717) is 6.54 Å². The van der Waals surface area contributed by atoms with Crippen LogP contribution in [0.25, 0.3) is 0 Å². The van der Waals surface area contributed by atoms with E-state index in [1.54, 1.807) is 0 Å². The highest BCUT2D eigenvalue weighted by atomic mass is 32.2. The van der Waals surface area contributed by atoms with Gasteiger partial charge in [-0.3, -0.25) is 4.79 Å².